The lowest BCUT2D eigenvalue weighted by atomic mass is 9.90. The molecule has 2 atom stereocenters. The van der Waals surface area contributed by atoms with Gasteiger partial charge in [-0.05, 0) is 31.3 Å². The first-order chi connectivity index (χ1) is 5.74. The Labute approximate surface area is 78.5 Å². The molecule has 3 N–H and O–H groups in total. The highest BCUT2D eigenvalue weighted by molar-refractivity contribution is 4.71. The van der Waals surface area contributed by atoms with Crippen molar-refractivity contribution in [3.63, 3.8) is 0 Å². The minimum Gasteiger partial charge on any atom is -0.317 e. The molecule has 78 valence electrons. The molecule has 0 spiro atoms. The molecule has 0 saturated carbocycles. The van der Waals surface area contributed by atoms with E-state index in [1.54, 1.807) is 5.48 Å². The normalized spacial score (nSPS) is 29.0. The molecule has 0 unspecified atom stereocenters. The molecule has 0 aromatic carbocycles. The molecule has 1 aliphatic heterocycles. The van der Waals surface area contributed by atoms with Crippen molar-refractivity contribution in [3.05, 3.63) is 0 Å². The molecule has 0 aromatic heterocycles. The Morgan fingerprint density at radius 3 is 2.50 bits per heavy atom. The average Bonchev–Trinajstić information content (AvgIpc) is 2.06. The summed E-state index contributed by atoms with van der Waals surface area (Å²) < 4.78 is 0. The van der Waals surface area contributed by atoms with Gasteiger partial charge in [0.2, 0.25) is 0 Å². The van der Waals surface area contributed by atoms with E-state index in [2.05, 4.69) is 19.2 Å². The standard InChI is InChI=1S/C8H17N.CH5NO.2H2/c1-3-8-4-7(2)5-9-6-8;1-2-3;;/h7-9H,3-6H2,1-2H3;2-3H,1H3;2*1H/t7-,8+;;;/m1.../s1. The fourth-order valence-corrected chi connectivity index (χ4v) is 1.58. The average molecular weight is 178 g/mol. The Bertz CT molecular complexity index is 107. The third-order valence-corrected chi connectivity index (χ3v) is 2.24. The van der Waals surface area contributed by atoms with E-state index in [0.717, 1.165) is 11.8 Å². The SMILES string of the molecule is CC[C@@H]1CNC[C@H](C)C1.CNO.[HH].[HH]. The van der Waals surface area contributed by atoms with Crippen molar-refractivity contribution in [2.24, 2.45) is 11.8 Å². The van der Waals surface area contributed by atoms with Gasteiger partial charge in [-0.1, -0.05) is 20.3 Å². The maximum absolute atomic E-state index is 7.32. The minimum absolute atomic E-state index is 0. The lowest BCUT2D eigenvalue weighted by Crippen LogP contribution is -2.34. The highest BCUT2D eigenvalue weighted by Gasteiger charge is 2.15. The molecule has 3 nitrogen and oxygen atoms in total. The maximum Gasteiger partial charge on any atom is 0.00929 e. The molecule has 0 amide bonds. The third kappa shape index (κ3) is 5.52. The molecule has 0 aliphatic carbocycles. The molecule has 1 saturated heterocycles. The van der Waals surface area contributed by atoms with Gasteiger partial charge in [-0.3, -0.25) is 0 Å². The summed E-state index contributed by atoms with van der Waals surface area (Å²) in [6, 6.07) is 0. The largest absolute Gasteiger partial charge is 0.317 e. The van der Waals surface area contributed by atoms with Gasteiger partial charge in [0.25, 0.3) is 0 Å². The maximum atomic E-state index is 7.32. The zero-order valence-electron chi connectivity index (χ0n) is 8.43. The predicted molar refractivity (Wildman–Crippen MR) is 55.5 cm³/mol. The Balaban J connectivity index is -0.000000218. The number of hydroxylamine groups is 1. The van der Waals surface area contributed by atoms with Gasteiger partial charge >= 0.3 is 0 Å². The van der Waals surface area contributed by atoms with Crippen LogP contribution in [0.5, 0.6) is 0 Å². The molecule has 3 heteroatoms. The van der Waals surface area contributed by atoms with Crippen LogP contribution < -0.4 is 10.8 Å². The fourth-order valence-electron chi connectivity index (χ4n) is 1.58. The summed E-state index contributed by atoms with van der Waals surface area (Å²) in [5.74, 6) is 1.86. The fraction of sp³-hybridized carbons (Fsp3) is 1.00. The van der Waals surface area contributed by atoms with E-state index < -0.39 is 0 Å². The molecule has 1 rings (SSSR count). The quantitative estimate of drug-likeness (QED) is 0.536. The van der Waals surface area contributed by atoms with E-state index in [-0.39, 0.29) is 2.85 Å². The van der Waals surface area contributed by atoms with Crippen LogP contribution >= 0.6 is 0 Å². The van der Waals surface area contributed by atoms with Crippen LogP contribution in [0, 0.1) is 11.8 Å². The van der Waals surface area contributed by atoms with E-state index >= 15 is 0 Å². The second-order valence-corrected chi connectivity index (χ2v) is 3.50. The number of hydrogen-bond acceptors (Lipinski definition) is 3. The number of nitrogens with one attached hydrogen (secondary N) is 2. The van der Waals surface area contributed by atoms with Crippen molar-refractivity contribution in [3.8, 4) is 0 Å². The molecular formula is C9H26N2O. The monoisotopic (exact) mass is 178 g/mol. The van der Waals surface area contributed by atoms with Crippen molar-refractivity contribution in [1.29, 1.82) is 0 Å². The molecule has 1 heterocycles. The van der Waals surface area contributed by atoms with Gasteiger partial charge in [0.15, 0.2) is 0 Å². The van der Waals surface area contributed by atoms with Crippen LogP contribution in [0.4, 0.5) is 0 Å². The summed E-state index contributed by atoms with van der Waals surface area (Å²) in [5.41, 5.74) is 1.75. The Hall–Kier alpha value is -0.120. The number of rotatable bonds is 1. The first-order valence-electron chi connectivity index (χ1n) is 4.76. The molecule has 0 bridgehead atoms. The lowest BCUT2D eigenvalue weighted by Gasteiger charge is -2.26. The Kier molecular flexibility index (Phi) is 7.45. The highest BCUT2D eigenvalue weighted by Crippen LogP contribution is 2.17. The second-order valence-electron chi connectivity index (χ2n) is 3.50. The molecule has 1 fully saturated rings. The summed E-state index contributed by atoms with van der Waals surface area (Å²) in [5, 5.41) is 10.8. The van der Waals surface area contributed by atoms with Crippen molar-refractivity contribution in [1.82, 2.24) is 10.8 Å². The lowest BCUT2D eigenvalue weighted by molar-refractivity contribution is 0.194. The summed E-state index contributed by atoms with van der Waals surface area (Å²) >= 11 is 0. The van der Waals surface area contributed by atoms with Crippen LogP contribution in [0.2, 0.25) is 0 Å². The Morgan fingerprint density at radius 2 is 2.17 bits per heavy atom. The van der Waals surface area contributed by atoms with E-state index in [0.29, 0.717) is 0 Å². The van der Waals surface area contributed by atoms with Crippen LogP contribution in [-0.4, -0.2) is 25.3 Å². The molecular weight excluding hydrogens is 152 g/mol. The first kappa shape index (κ1) is 11.9. The second kappa shape index (κ2) is 7.53. The zero-order chi connectivity index (χ0) is 9.40. The predicted octanol–water partition coefficient (Wildman–Crippen LogP) is 1.73. The van der Waals surface area contributed by atoms with Gasteiger partial charge in [-0.2, -0.15) is 0 Å². The third-order valence-electron chi connectivity index (χ3n) is 2.24. The molecule has 0 radical (unpaired) electrons. The van der Waals surface area contributed by atoms with Crippen LogP contribution in [-0.2, 0) is 0 Å². The van der Waals surface area contributed by atoms with Crippen molar-refractivity contribution >= 4 is 0 Å². The summed E-state index contributed by atoms with van der Waals surface area (Å²) in [4.78, 5) is 0. The summed E-state index contributed by atoms with van der Waals surface area (Å²) in [6.45, 7) is 7.09. The number of hydrogen-bond donors (Lipinski definition) is 3. The van der Waals surface area contributed by atoms with Gasteiger partial charge in [-0.25, -0.2) is 5.48 Å². The molecule has 12 heavy (non-hydrogen) atoms. The van der Waals surface area contributed by atoms with Crippen LogP contribution in [0.3, 0.4) is 0 Å². The van der Waals surface area contributed by atoms with Crippen LogP contribution in [0.15, 0.2) is 0 Å². The van der Waals surface area contributed by atoms with Gasteiger partial charge in [0, 0.05) is 9.90 Å². The smallest absolute Gasteiger partial charge is 0.00929 e. The molecule has 1 aliphatic rings. The number of piperidine rings is 1. The Morgan fingerprint density at radius 1 is 1.58 bits per heavy atom. The van der Waals surface area contributed by atoms with Crippen LogP contribution in [0.25, 0.3) is 0 Å². The van der Waals surface area contributed by atoms with Gasteiger partial charge in [-0.15, -0.1) is 0 Å². The van der Waals surface area contributed by atoms with E-state index in [4.69, 9.17) is 5.21 Å². The first-order valence-corrected chi connectivity index (χ1v) is 4.76. The summed E-state index contributed by atoms with van der Waals surface area (Å²) in [6.07, 6.45) is 2.78. The van der Waals surface area contributed by atoms with Gasteiger partial charge < -0.3 is 10.5 Å². The minimum atomic E-state index is 0. The zero-order valence-corrected chi connectivity index (χ0v) is 8.43. The van der Waals surface area contributed by atoms with Crippen molar-refractivity contribution in [2.45, 2.75) is 26.7 Å². The van der Waals surface area contributed by atoms with Crippen LogP contribution in [0.1, 0.15) is 29.5 Å². The van der Waals surface area contributed by atoms with Crippen molar-refractivity contribution < 1.29 is 8.06 Å². The summed E-state index contributed by atoms with van der Waals surface area (Å²) in [7, 11) is 1.43. The van der Waals surface area contributed by atoms with Gasteiger partial charge in [0.05, 0.1) is 0 Å². The highest BCUT2D eigenvalue weighted by atomic mass is 16.5. The topological polar surface area (TPSA) is 44.3 Å². The van der Waals surface area contributed by atoms with Crippen molar-refractivity contribution in [2.75, 3.05) is 20.1 Å². The van der Waals surface area contributed by atoms with Gasteiger partial charge in [0.1, 0.15) is 0 Å². The van der Waals surface area contributed by atoms with E-state index in [1.807, 2.05) is 0 Å². The van der Waals surface area contributed by atoms with E-state index in [1.165, 1.54) is 33.0 Å². The van der Waals surface area contributed by atoms with E-state index in [9.17, 15) is 0 Å². The molecule has 0 aromatic rings.